The number of rotatable bonds is 3. The van der Waals surface area contributed by atoms with Crippen molar-refractivity contribution < 1.29 is 4.74 Å². The Hall–Kier alpha value is -1.88. The van der Waals surface area contributed by atoms with E-state index in [0.29, 0.717) is 29.0 Å². The van der Waals surface area contributed by atoms with E-state index in [9.17, 15) is 4.79 Å². The van der Waals surface area contributed by atoms with E-state index in [2.05, 4.69) is 15.3 Å². The zero-order valence-electron chi connectivity index (χ0n) is 9.20. The van der Waals surface area contributed by atoms with Crippen LogP contribution in [-0.4, -0.2) is 24.1 Å². The Morgan fingerprint density at radius 3 is 3.00 bits per heavy atom. The molecule has 1 heterocycles. The molecule has 0 bridgehead atoms. The normalized spacial score (nSPS) is 10.6. The summed E-state index contributed by atoms with van der Waals surface area (Å²) < 4.78 is 5.06. The van der Waals surface area contributed by atoms with Crippen LogP contribution in [0.1, 0.15) is 5.82 Å². The van der Waals surface area contributed by atoms with Gasteiger partial charge in [-0.25, -0.2) is 4.98 Å². The van der Waals surface area contributed by atoms with E-state index in [1.54, 1.807) is 32.4 Å². The van der Waals surface area contributed by atoms with Crippen LogP contribution in [0.2, 0.25) is 0 Å². The van der Waals surface area contributed by atoms with Gasteiger partial charge in [-0.2, -0.15) is 0 Å². The lowest BCUT2D eigenvalue weighted by Gasteiger charge is -2.04. The first kappa shape index (κ1) is 10.6. The number of H-pyrrole nitrogens is 1. The van der Waals surface area contributed by atoms with Gasteiger partial charge in [0.15, 0.2) is 0 Å². The quantitative estimate of drug-likeness (QED) is 0.795. The van der Waals surface area contributed by atoms with E-state index in [0.717, 1.165) is 0 Å². The molecule has 16 heavy (non-hydrogen) atoms. The van der Waals surface area contributed by atoms with Crippen LogP contribution < -0.4 is 15.6 Å². The van der Waals surface area contributed by atoms with E-state index in [4.69, 9.17) is 4.74 Å². The van der Waals surface area contributed by atoms with Gasteiger partial charge in [-0.3, -0.25) is 4.79 Å². The SMILES string of the molecule is CNCc1nc2ccc(OC)cc2c(=O)[nH]1. The van der Waals surface area contributed by atoms with Gasteiger partial charge in [0.1, 0.15) is 11.6 Å². The molecule has 84 valence electrons. The van der Waals surface area contributed by atoms with Crippen molar-refractivity contribution in [2.24, 2.45) is 0 Å². The summed E-state index contributed by atoms with van der Waals surface area (Å²) in [6.07, 6.45) is 0. The molecular formula is C11H13N3O2. The lowest BCUT2D eigenvalue weighted by Crippen LogP contribution is -2.16. The molecule has 0 unspecified atom stereocenters. The van der Waals surface area contributed by atoms with Crippen molar-refractivity contribution in [1.82, 2.24) is 15.3 Å². The maximum atomic E-state index is 11.8. The van der Waals surface area contributed by atoms with Crippen molar-refractivity contribution in [1.29, 1.82) is 0 Å². The predicted molar refractivity (Wildman–Crippen MR) is 61.7 cm³/mol. The Balaban J connectivity index is 2.62. The highest BCUT2D eigenvalue weighted by atomic mass is 16.5. The summed E-state index contributed by atoms with van der Waals surface area (Å²) >= 11 is 0. The van der Waals surface area contributed by atoms with Gasteiger partial charge >= 0.3 is 0 Å². The van der Waals surface area contributed by atoms with Gasteiger partial charge < -0.3 is 15.0 Å². The number of ether oxygens (including phenoxy) is 1. The van der Waals surface area contributed by atoms with Crippen LogP contribution in [0.3, 0.4) is 0 Å². The number of aromatic amines is 1. The zero-order chi connectivity index (χ0) is 11.5. The third-order valence-electron chi connectivity index (χ3n) is 2.31. The van der Waals surface area contributed by atoms with Crippen molar-refractivity contribution in [2.45, 2.75) is 6.54 Å². The lowest BCUT2D eigenvalue weighted by molar-refractivity contribution is 0.415. The number of fused-ring (bicyclic) bond motifs is 1. The number of hydrogen-bond donors (Lipinski definition) is 2. The van der Waals surface area contributed by atoms with Gasteiger partial charge in [0.05, 0.1) is 24.6 Å². The number of benzene rings is 1. The van der Waals surface area contributed by atoms with Crippen LogP contribution in [0.25, 0.3) is 10.9 Å². The summed E-state index contributed by atoms with van der Waals surface area (Å²) in [5.41, 5.74) is 0.531. The topological polar surface area (TPSA) is 67.0 Å². The fourth-order valence-electron chi connectivity index (χ4n) is 1.54. The Morgan fingerprint density at radius 2 is 2.31 bits per heavy atom. The largest absolute Gasteiger partial charge is 0.497 e. The van der Waals surface area contributed by atoms with Crippen molar-refractivity contribution >= 4 is 10.9 Å². The number of aromatic nitrogens is 2. The molecule has 0 fully saturated rings. The summed E-state index contributed by atoms with van der Waals surface area (Å²) in [7, 11) is 3.37. The minimum Gasteiger partial charge on any atom is -0.497 e. The average molecular weight is 219 g/mol. The van der Waals surface area contributed by atoms with Crippen molar-refractivity contribution in [3.05, 3.63) is 34.4 Å². The molecule has 5 heteroatoms. The molecule has 0 aliphatic carbocycles. The minimum absolute atomic E-state index is 0.144. The monoisotopic (exact) mass is 219 g/mol. The second-order valence-electron chi connectivity index (χ2n) is 3.43. The van der Waals surface area contributed by atoms with Crippen LogP contribution in [-0.2, 0) is 6.54 Å². The van der Waals surface area contributed by atoms with Gasteiger partial charge in [0, 0.05) is 0 Å². The number of nitrogens with zero attached hydrogens (tertiary/aromatic N) is 1. The molecule has 0 saturated heterocycles. The molecule has 2 rings (SSSR count). The highest BCUT2D eigenvalue weighted by molar-refractivity contribution is 5.79. The number of hydrogen-bond acceptors (Lipinski definition) is 4. The summed E-state index contributed by atoms with van der Waals surface area (Å²) in [6, 6.07) is 5.25. The van der Waals surface area contributed by atoms with Crippen LogP contribution in [0.4, 0.5) is 0 Å². The third kappa shape index (κ3) is 1.90. The van der Waals surface area contributed by atoms with Gasteiger partial charge in [-0.1, -0.05) is 0 Å². The van der Waals surface area contributed by atoms with E-state index >= 15 is 0 Å². The third-order valence-corrected chi connectivity index (χ3v) is 2.31. The highest BCUT2D eigenvalue weighted by Gasteiger charge is 2.04. The number of methoxy groups -OCH3 is 1. The molecule has 0 saturated carbocycles. The van der Waals surface area contributed by atoms with Gasteiger partial charge in [-0.05, 0) is 25.2 Å². The molecule has 0 spiro atoms. The Bertz CT molecular complexity index is 563. The molecule has 0 radical (unpaired) electrons. The zero-order valence-corrected chi connectivity index (χ0v) is 9.20. The van der Waals surface area contributed by atoms with E-state index in [1.165, 1.54) is 0 Å². The van der Waals surface area contributed by atoms with E-state index in [-0.39, 0.29) is 5.56 Å². The Morgan fingerprint density at radius 1 is 1.50 bits per heavy atom. The van der Waals surface area contributed by atoms with Crippen molar-refractivity contribution in [3.63, 3.8) is 0 Å². The first-order valence-electron chi connectivity index (χ1n) is 4.96. The van der Waals surface area contributed by atoms with Crippen molar-refractivity contribution in [2.75, 3.05) is 14.2 Å². The molecule has 0 amide bonds. The van der Waals surface area contributed by atoms with Gasteiger partial charge in [0.2, 0.25) is 0 Å². The van der Waals surface area contributed by atoms with Crippen LogP contribution >= 0.6 is 0 Å². The summed E-state index contributed by atoms with van der Waals surface area (Å²) in [4.78, 5) is 18.8. The van der Waals surface area contributed by atoms with Crippen LogP contribution in [0, 0.1) is 0 Å². The molecule has 1 aromatic heterocycles. The molecule has 2 N–H and O–H groups in total. The fourth-order valence-corrected chi connectivity index (χ4v) is 1.54. The molecule has 0 atom stereocenters. The molecular weight excluding hydrogens is 206 g/mol. The maximum absolute atomic E-state index is 11.8. The smallest absolute Gasteiger partial charge is 0.258 e. The summed E-state index contributed by atoms with van der Waals surface area (Å²) in [6.45, 7) is 0.539. The fraction of sp³-hybridized carbons (Fsp3) is 0.273. The van der Waals surface area contributed by atoms with Gasteiger partial charge in [0.25, 0.3) is 5.56 Å². The van der Waals surface area contributed by atoms with Crippen LogP contribution in [0.15, 0.2) is 23.0 Å². The predicted octanol–water partition coefficient (Wildman–Crippen LogP) is 0.651. The Labute approximate surface area is 92.5 Å². The second-order valence-corrected chi connectivity index (χ2v) is 3.43. The van der Waals surface area contributed by atoms with Gasteiger partial charge in [-0.15, -0.1) is 0 Å². The number of nitrogens with one attached hydrogen (secondary N) is 2. The molecule has 2 aromatic rings. The Kier molecular flexibility index (Phi) is 2.87. The van der Waals surface area contributed by atoms with Crippen LogP contribution in [0.5, 0.6) is 5.75 Å². The lowest BCUT2D eigenvalue weighted by atomic mass is 10.2. The summed E-state index contributed by atoms with van der Waals surface area (Å²) in [5, 5.41) is 3.48. The second kappa shape index (κ2) is 4.32. The molecule has 1 aromatic carbocycles. The molecule has 0 aliphatic heterocycles. The minimum atomic E-state index is -0.144. The van der Waals surface area contributed by atoms with E-state index < -0.39 is 0 Å². The molecule has 0 aliphatic rings. The summed E-state index contributed by atoms with van der Waals surface area (Å²) in [5.74, 6) is 1.28. The molecule has 5 nitrogen and oxygen atoms in total. The maximum Gasteiger partial charge on any atom is 0.258 e. The average Bonchev–Trinajstić information content (AvgIpc) is 2.29. The first-order valence-corrected chi connectivity index (χ1v) is 4.96. The standard InChI is InChI=1S/C11H13N3O2/c1-12-6-10-13-9-4-3-7(16-2)5-8(9)11(15)14-10/h3-5,12H,6H2,1-2H3,(H,13,14,15). The highest BCUT2D eigenvalue weighted by Crippen LogP contribution is 2.15. The first-order chi connectivity index (χ1) is 7.74. The van der Waals surface area contributed by atoms with Crippen molar-refractivity contribution in [3.8, 4) is 5.75 Å². The van der Waals surface area contributed by atoms with E-state index in [1.807, 2.05) is 0 Å².